The van der Waals surface area contributed by atoms with Gasteiger partial charge in [-0.1, -0.05) is 54.6 Å². The highest BCUT2D eigenvalue weighted by Crippen LogP contribution is 2.39. The van der Waals surface area contributed by atoms with Crippen molar-refractivity contribution in [2.45, 2.75) is 31.7 Å². The highest BCUT2D eigenvalue weighted by molar-refractivity contribution is 6.43. The number of hydrogen-bond donors (Lipinski definition) is 1. The number of rotatable bonds is 11. The van der Waals surface area contributed by atoms with Crippen molar-refractivity contribution in [2.75, 3.05) is 34.4 Å². The molecule has 0 saturated carbocycles. The lowest BCUT2D eigenvalue weighted by Gasteiger charge is -2.36. The van der Waals surface area contributed by atoms with Gasteiger partial charge in [-0.2, -0.15) is 0 Å². The maximum Gasteiger partial charge on any atom is 0.295 e. The van der Waals surface area contributed by atoms with Crippen LogP contribution in [0, 0.1) is 0 Å². The van der Waals surface area contributed by atoms with E-state index in [9.17, 15) is 14.4 Å². The molecule has 8 heteroatoms. The summed E-state index contributed by atoms with van der Waals surface area (Å²) in [5.41, 5.74) is 3.07. The SMILES string of the molecule is COc1cc(C(=O)C(=O)N2CCc3ccccc3[C@H]2C(=O)NCCCCc2ccccc2)cc(OC)c1OC. The van der Waals surface area contributed by atoms with Crippen LogP contribution in [0.4, 0.5) is 0 Å². The number of methoxy groups -OCH3 is 3. The fraction of sp³-hybridized carbons (Fsp3) is 0.323. The van der Waals surface area contributed by atoms with Crippen LogP contribution in [0.5, 0.6) is 17.2 Å². The standard InChI is InChI=1S/C31H34N2O6/c1-37-25-19-23(20-26(38-2)29(25)39-3)28(34)31(36)33-18-16-22-14-7-8-15-24(22)27(33)30(35)32-17-10-9-13-21-11-5-4-6-12-21/h4-8,11-12,14-15,19-20,27H,9-10,13,16-18H2,1-3H3,(H,32,35)/t27-/m0/s1. The molecule has 1 N–H and O–H groups in total. The third kappa shape index (κ3) is 6.22. The van der Waals surface area contributed by atoms with Crippen molar-refractivity contribution in [3.63, 3.8) is 0 Å². The summed E-state index contributed by atoms with van der Waals surface area (Å²) in [5.74, 6) is -0.964. The molecule has 0 saturated heterocycles. The molecule has 0 aliphatic carbocycles. The molecule has 2 amide bonds. The molecule has 3 aromatic rings. The summed E-state index contributed by atoms with van der Waals surface area (Å²) in [5, 5.41) is 2.99. The van der Waals surface area contributed by atoms with Crippen molar-refractivity contribution in [3.05, 3.63) is 89.0 Å². The quantitative estimate of drug-likeness (QED) is 0.227. The number of carbonyl (C=O) groups is 3. The molecular weight excluding hydrogens is 496 g/mol. The Morgan fingerprint density at radius 2 is 1.54 bits per heavy atom. The Hall–Kier alpha value is -4.33. The normalized spacial score (nSPS) is 14.2. The lowest BCUT2D eigenvalue weighted by atomic mass is 9.91. The van der Waals surface area contributed by atoms with Gasteiger partial charge in [0, 0.05) is 18.7 Å². The van der Waals surface area contributed by atoms with Crippen LogP contribution in [0.3, 0.4) is 0 Å². The van der Waals surface area contributed by atoms with Crippen molar-refractivity contribution in [1.29, 1.82) is 0 Å². The molecule has 39 heavy (non-hydrogen) atoms. The molecular formula is C31H34N2O6. The van der Waals surface area contributed by atoms with Gasteiger partial charge in [-0.05, 0) is 54.5 Å². The predicted molar refractivity (Wildman–Crippen MR) is 147 cm³/mol. The van der Waals surface area contributed by atoms with Crippen LogP contribution in [0.25, 0.3) is 0 Å². The smallest absolute Gasteiger partial charge is 0.295 e. The number of carbonyl (C=O) groups excluding carboxylic acids is 3. The van der Waals surface area contributed by atoms with Crippen LogP contribution in [0.2, 0.25) is 0 Å². The zero-order valence-electron chi connectivity index (χ0n) is 22.6. The monoisotopic (exact) mass is 530 g/mol. The van der Waals surface area contributed by atoms with E-state index in [2.05, 4.69) is 17.4 Å². The third-order valence-electron chi connectivity index (χ3n) is 6.95. The predicted octanol–water partition coefficient (Wildman–Crippen LogP) is 4.16. The number of amides is 2. The molecule has 1 atom stereocenters. The Kier molecular flexibility index (Phi) is 9.20. The molecule has 3 aromatic carbocycles. The maximum atomic E-state index is 13.6. The van der Waals surface area contributed by atoms with Crippen LogP contribution in [-0.4, -0.2) is 56.9 Å². The van der Waals surface area contributed by atoms with E-state index in [0.717, 1.165) is 30.4 Å². The maximum absolute atomic E-state index is 13.6. The summed E-state index contributed by atoms with van der Waals surface area (Å²) in [6.45, 7) is 0.727. The number of nitrogens with one attached hydrogen (secondary N) is 1. The Morgan fingerprint density at radius 1 is 0.872 bits per heavy atom. The van der Waals surface area contributed by atoms with E-state index in [-0.39, 0.29) is 29.5 Å². The van der Waals surface area contributed by atoms with Gasteiger partial charge in [0.15, 0.2) is 11.5 Å². The Morgan fingerprint density at radius 3 is 2.21 bits per heavy atom. The second-order valence-corrected chi connectivity index (χ2v) is 9.33. The minimum Gasteiger partial charge on any atom is -0.493 e. The highest BCUT2D eigenvalue weighted by atomic mass is 16.5. The number of nitrogens with zero attached hydrogens (tertiary/aromatic N) is 1. The number of benzene rings is 3. The van der Waals surface area contributed by atoms with E-state index in [4.69, 9.17) is 14.2 Å². The van der Waals surface area contributed by atoms with Crippen LogP contribution in [-0.2, 0) is 22.4 Å². The number of ketones is 1. The molecule has 204 valence electrons. The Bertz CT molecular complexity index is 1300. The van der Waals surface area contributed by atoms with Crippen molar-refractivity contribution in [1.82, 2.24) is 10.2 Å². The van der Waals surface area contributed by atoms with Gasteiger partial charge in [0.1, 0.15) is 6.04 Å². The first kappa shape index (κ1) is 27.7. The second kappa shape index (κ2) is 13.0. The van der Waals surface area contributed by atoms with Crippen LogP contribution >= 0.6 is 0 Å². The van der Waals surface area contributed by atoms with Gasteiger partial charge in [-0.25, -0.2) is 0 Å². The summed E-state index contributed by atoms with van der Waals surface area (Å²) in [6, 6.07) is 19.7. The van der Waals surface area contributed by atoms with Crippen LogP contribution in [0.1, 0.15) is 45.9 Å². The molecule has 1 aliphatic rings. The van der Waals surface area contributed by atoms with Crippen molar-refractivity contribution in [3.8, 4) is 17.2 Å². The van der Waals surface area contributed by atoms with E-state index in [1.165, 1.54) is 43.9 Å². The second-order valence-electron chi connectivity index (χ2n) is 9.33. The van der Waals surface area contributed by atoms with Gasteiger partial charge in [0.2, 0.25) is 11.7 Å². The number of unbranched alkanes of at least 4 members (excludes halogenated alkanes) is 1. The summed E-state index contributed by atoms with van der Waals surface area (Å²) >= 11 is 0. The van der Waals surface area contributed by atoms with Gasteiger partial charge in [0.05, 0.1) is 21.3 Å². The Balaban J connectivity index is 1.51. The molecule has 8 nitrogen and oxygen atoms in total. The fourth-order valence-corrected chi connectivity index (χ4v) is 4.94. The molecule has 0 radical (unpaired) electrons. The minimum atomic E-state index is -0.900. The van der Waals surface area contributed by atoms with Gasteiger partial charge in [-0.3, -0.25) is 14.4 Å². The average molecular weight is 531 g/mol. The molecule has 0 unspecified atom stereocenters. The van der Waals surface area contributed by atoms with E-state index >= 15 is 0 Å². The van der Waals surface area contributed by atoms with E-state index < -0.39 is 17.7 Å². The van der Waals surface area contributed by atoms with E-state index in [1.807, 2.05) is 42.5 Å². The van der Waals surface area contributed by atoms with Gasteiger partial charge in [-0.15, -0.1) is 0 Å². The van der Waals surface area contributed by atoms with Gasteiger partial charge < -0.3 is 24.4 Å². The zero-order valence-corrected chi connectivity index (χ0v) is 22.6. The fourth-order valence-electron chi connectivity index (χ4n) is 4.94. The molecule has 1 aliphatic heterocycles. The topological polar surface area (TPSA) is 94.2 Å². The average Bonchev–Trinajstić information content (AvgIpc) is 2.99. The highest BCUT2D eigenvalue weighted by Gasteiger charge is 2.38. The minimum absolute atomic E-state index is 0.0911. The van der Waals surface area contributed by atoms with Crippen molar-refractivity contribution < 1.29 is 28.6 Å². The van der Waals surface area contributed by atoms with Gasteiger partial charge in [0.25, 0.3) is 11.7 Å². The number of ether oxygens (including phenoxy) is 3. The Labute approximate surface area is 228 Å². The molecule has 0 aromatic heterocycles. The zero-order chi connectivity index (χ0) is 27.8. The molecule has 1 heterocycles. The lowest BCUT2D eigenvalue weighted by Crippen LogP contribution is -2.49. The molecule has 0 bridgehead atoms. The van der Waals surface area contributed by atoms with Crippen molar-refractivity contribution in [2.24, 2.45) is 0 Å². The summed E-state index contributed by atoms with van der Waals surface area (Å²) in [7, 11) is 4.34. The number of aryl methyl sites for hydroxylation is 1. The summed E-state index contributed by atoms with van der Waals surface area (Å²) in [4.78, 5) is 41.9. The molecule has 0 spiro atoms. The van der Waals surface area contributed by atoms with Gasteiger partial charge >= 0.3 is 0 Å². The summed E-state index contributed by atoms with van der Waals surface area (Å²) in [6.07, 6.45) is 3.20. The first-order valence-corrected chi connectivity index (χ1v) is 13.0. The van der Waals surface area contributed by atoms with E-state index in [0.29, 0.717) is 18.7 Å². The number of Topliss-reactive ketones (excluding diaryl/α,β-unsaturated/α-hetero) is 1. The first-order chi connectivity index (χ1) is 19.0. The first-order valence-electron chi connectivity index (χ1n) is 13.0. The lowest BCUT2D eigenvalue weighted by molar-refractivity contribution is -0.138. The number of hydrogen-bond acceptors (Lipinski definition) is 6. The van der Waals surface area contributed by atoms with Crippen LogP contribution in [0.15, 0.2) is 66.7 Å². The largest absolute Gasteiger partial charge is 0.493 e. The third-order valence-corrected chi connectivity index (χ3v) is 6.95. The van der Waals surface area contributed by atoms with Crippen LogP contribution < -0.4 is 19.5 Å². The van der Waals surface area contributed by atoms with E-state index in [1.54, 1.807) is 0 Å². The number of fused-ring (bicyclic) bond motifs is 1. The molecule has 4 rings (SSSR count). The molecule has 0 fully saturated rings. The van der Waals surface area contributed by atoms with Crippen molar-refractivity contribution >= 4 is 17.6 Å². The summed E-state index contributed by atoms with van der Waals surface area (Å²) < 4.78 is 16.0.